The summed E-state index contributed by atoms with van der Waals surface area (Å²) >= 11 is 9.00. The van der Waals surface area contributed by atoms with Crippen LogP contribution in [0.15, 0.2) is 75.7 Å². The number of benzene rings is 3. The summed E-state index contributed by atoms with van der Waals surface area (Å²) in [6.45, 7) is 13.9. The van der Waals surface area contributed by atoms with E-state index in [2.05, 4.69) is 74.4 Å². The fourth-order valence-electron chi connectivity index (χ4n) is 9.45. The Balaban J connectivity index is 0.977. The highest BCUT2D eigenvalue weighted by atomic mass is 32.2. The van der Waals surface area contributed by atoms with Crippen molar-refractivity contribution < 1.29 is 33.3 Å². The van der Waals surface area contributed by atoms with Gasteiger partial charge in [0.2, 0.25) is 5.91 Å². The van der Waals surface area contributed by atoms with Gasteiger partial charge in [0.1, 0.15) is 13.2 Å². The van der Waals surface area contributed by atoms with Crippen LogP contribution in [-0.4, -0.2) is 126 Å². The molecule has 5 aliphatic rings. The Morgan fingerprint density at radius 1 is 0.731 bits per heavy atom. The summed E-state index contributed by atoms with van der Waals surface area (Å²) in [4.78, 5) is 58.2. The minimum atomic E-state index is -0.127. The molecule has 0 radical (unpaired) electrons. The third-order valence-corrected chi connectivity index (χ3v) is 15.3. The first kappa shape index (κ1) is 48.2. The first-order valence-electron chi connectivity index (χ1n) is 23.4. The van der Waals surface area contributed by atoms with Crippen molar-refractivity contribution in [2.24, 2.45) is 15.4 Å². The molecule has 5 heterocycles. The highest BCUT2D eigenvalue weighted by Gasteiger charge is 2.36. The molecular formula is C52H64N6O7S2. The number of aryl methyl sites for hydroxylation is 1. The van der Waals surface area contributed by atoms with Crippen molar-refractivity contribution in [2.45, 2.75) is 96.1 Å². The number of hydrogen-bond donors (Lipinski definition) is 2. The number of fused-ring (bicyclic) bond motifs is 4. The molecule has 0 spiro atoms. The standard InChI is InChI=1S/C52H64N6O7S2/c1-7-33-21-38-27-53-42-25-46(44(62-5)23-40(42)49(60)57(38)29-33)64-31-36-18-35(10-9-13-55-14-16-56(17-15-55)48(59)11-12-52(3,4)51(66)67)19-37(20-36)32-65-47-26-43-41(24-45(47)63-6)50(61)58-30-34(8-2)22-39(58)28-54-43/h7-8,18-20,23-28,38-39,51,66-67H,9-17,21-22,29-32H2,1-6H3/b33-7+,34-8+/t38-,39-/m0/s1. The molecule has 0 unspecified atom stereocenters. The van der Waals surface area contributed by atoms with Crippen molar-refractivity contribution in [1.29, 1.82) is 0 Å². The Morgan fingerprint density at radius 2 is 1.22 bits per heavy atom. The van der Waals surface area contributed by atoms with E-state index in [0.29, 0.717) is 65.0 Å². The summed E-state index contributed by atoms with van der Waals surface area (Å²) < 4.78 is 24.5. The second-order valence-electron chi connectivity index (χ2n) is 18.8. The van der Waals surface area contributed by atoms with Crippen LogP contribution in [0, 0.1) is 5.41 Å². The van der Waals surface area contributed by atoms with Crippen LogP contribution in [0.2, 0.25) is 0 Å². The number of aliphatic imine (C=N–C) groups is 2. The van der Waals surface area contributed by atoms with Crippen molar-refractivity contribution in [3.05, 3.63) is 93.6 Å². The van der Waals surface area contributed by atoms with E-state index < -0.39 is 0 Å². The van der Waals surface area contributed by atoms with Gasteiger partial charge >= 0.3 is 0 Å². The number of amides is 3. The predicted octanol–water partition coefficient (Wildman–Crippen LogP) is 8.68. The van der Waals surface area contributed by atoms with Gasteiger partial charge in [-0.25, -0.2) is 0 Å². The van der Waals surface area contributed by atoms with E-state index in [1.165, 1.54) is 11.1 Å². The number of allylic oxidation sites excluding steroid dienone is 2. The number of nitrogens with zero attached hydrogens (tertiary/aromatic N) is 6. The molecule has 67 heavy (non-hydrogen) atoms. The number of carbonyl (C=O) groups excluding carboxylic acids is 3. The van der Waals surface area contributed by atoms with Crippen LogP contribution >= 0.6 is 25.3 Å². The lowest BCUT2D eigenvalue weighted by molar-refractivity contribution is -0.133. The van der Waals surface area contributed by atoms with Crippen molar-refractivity contribution in [2.75, 3.05) is 60.0 Å². The van der Waals surface area contributed by atoms with Gasteiger partial charge in [0, 0.05) is 74.8 Å². The predicted molar refractivity (Wildman–Crippen MR) is 270 cm³/mol. The number of ether oxygens (including phenoxy) is 4. The zero-order chi connectivity index (χ0) is 47.4. The molecule has 0 N–H and O–H groups in total. The monoisotopic (exact) mass is 948 g/mol. The molecule has 3 amide bonds. The Hall–Kier alpha value is -5.25. The van der Waals surface area contributed by atoms with Crippen molar-refractivity contribution >= 4 is 66.8 Å². The molecule has 356 valence electrons. The number of methoxy groups -OCH3 is 2. The van der Waals surface area contributed by atoms with Crippen LogP contribution in [0.25, 0.3) is 0 Å². The Labute approximate surface area is 406 Å². The van der Waals surface area contributed by atoms with E-state index in [4.69, 9.17) is 28.9 Å². The van der Waals surface area contributed by atoms with Gasteiger partial charge in [0.05, 0.1) is 48.8 Å². The van der Waals surface area contributed by atoms with Crippen molar-refractivity contribution in [3.8, 4) is 23.0 Å². The van der Waals surface area contributed by atoms with E-state index in [0.717, 1.165) is 81.5 Å². The Morgan fingerprint density at radius 3 is 1.69 bits per heavy atom. The largest absolute Gasteiger partial charge is 0.493 e. The summed E-state index contributed by atoms with van der Waals surface area (Å²) in [5.74, 6) is 1.95. The average molecular weight is 949 g/mol. The van der Waals surface area contributed by atoms with Gasteiger partial charge < -0.3 is 33.6 Å². The van der Waals surface area contributed by atoms with Gasteiger partial charge in [0.25, 0.3) is 11.8 Å². The number of piperazine rings is 1. The second-order valence-corrected chi connectivity index (χ2v) is 20.3. The average Bonchev–Trinajstić information content (AvgIpc) is 3.90. The number of hydrogen-bond acceptors (Lipinski definition) is 12. The van der Waals surface area contributed by atoms with Gasteiger partial charge in [-0.2, -0.15) is 25.3 Å². The summed E-state index contributed by atoms with van der Waals surface area (Å²) in [5, 5.41) is 0. The lowest BCUT2D eigenvalue weighted by Crippen LogP contribution is -2.49. The molecule has 3 fully saturated rings. The van der Waals surface area contributed by atoms with E-state index in [-0.39, 0.29) is 53.0 Å². The first-order chi connectivity index (χ1) is 32.3. The van der Waals surface area contributed by atoms with E-state index in [1.807, 2.05) is 41.0 Å². The maximum atomic E-state index is 13.7. The lowest BCUT2D eigenvalue weighted by Gasteiger charge is -2.35. The molecule has 3 aromatic carbocycles. The SMILES string of the molecule is C/C=C1\C[C@H]2C=Nc3cc(OCc4cc(CCCN5CCN(C(=O)CCC(C)(C)C(S)S)CC5)cc(COc5cc6c(cc5OC)C(=O)N5C/C(=C/C)C[C@H]5C=N6)c4)c(OC)cc3C(=O)N2C1. The fourth-order valence-corrected chi connectivity index (χ4v) is 9.70. The summed E-state index contributed by atoms with van der Waals surface area (Å²) in [6, 6.07) is 13.3. The van der Waals surface area contributed by atoms with Crippen LogP contribution in [0.5, 0.6) is 23.0 Å². The number of carbonyl (C=O) groups is 3. The zero-order valence-electron chi connectivity index (χ0n) is 39.6. The molecular weight excluding hydrogens is 885 g/mol. The van der Waals surface area contributed by atoms with Gasteiger partial charge in [-0.1, -0.05) is 49.3 Å². The molecule has 0 aliphatic carbocycles. The van der Waals surface area contributed by atoms with E-state index >= 15 is 0 Å². The topological polar surface area (TPSA) is 126 Å². The molecule has 0 saturated carbocycles. The smallest absolute Gasteiger partial charge is 0.257 e. The highest BCUT2D eigenvalue weighted by molar-refractivity contribution is 7.99. The molecule has 15 heteroatoms. The maximum Gasteiger partial charge on any atom is 0.257 e. The second kappa shape index (κ2) is 20.9. The molecule has 2 atom stereocenters. The third-order valence-electron chi connectivity index (χ3n) is 13.9. The summed E-state index contributed by atoms with van der Waals surface area (Å²) in [6.07, 6.45) is 12.4. The fraction of sp³-hybridized carbons (Fsp3) is 0.481. The van der Waals surface area contributed by atoms with Crippen LogP contribution in [0.1, 0.15) is 97.2 Å². The zero-order valence-corrected chi connectivity index (χ0v) is 41.4. The third kappa shape index (κ3) is 10.9. The molecule has 5 aliphatic heterocycles. The van der Waals surface area contributed by atoms with Gasteiger partial charge in [0.15, 0.2) is 23.0 Å². The molecule has 13 nitrogen and oxygen atoms in total. The molecule has 0 aromatic heterocycles. The lowest BCUT2D eigenvalue weighted by atomic mass is 9.89. The van der Waals surface area contributed by atoms with Crippen LogP contribution in [-0.2, 0) is 24.4 Å². The minimum absolute atomic E-state index is 0.0732. The Kier molecular flexibility index (Phi) is 15.1. The number of thiol groups is 2. The van der Waals surface area contributed by atoms with Crippen LogP contribution in [0.4, 0.5) is 11.4 Å². The van der Waals surface area contributed by atoms with Gasteiger partial charge in [-0.15, -0.1) is 0 Å². The van der Waals surface area contributed by atoms with Crippen LogP contribution in [0.3, 0.4) is 0 Å². The van der Waals surface area contributed by atoms with Gasteiger partial charge in [-0.05, 0) is 92.8 Å². The molecule has 3 saturated heterocycles. The normalized spacial score (nSPS) is 20.5. The van der Waals surface area contributed by atoms with Crippen molar-refractivity contribution in [1.82, 2.24) is 19.6 Å². The molecule has 0 bridgehead atoms. The minimum Gasteiger partial charge on any atom is -0.493 e. The van der Waals surface area contributed by atoms with Crippen molar-refractivity contribution in [3.63, 3.8) is 0 Å². The molecule has 8 rings (SSSR count). The van der Waals surface area contributed by atoms with Crippen LogP contribution < -0.4 is 18.9 Å². The summed E-state index contributed by atoms with van der Waals surface area (Å²) in [7, 11) is 3.15. The van der Waals surface area contributed by atoms with E-state index in [9.17, 15) is 14.4 Å². The molecule has 3 aromatic rings. The van der Waals surface area contributed by atoms with Gasteiger partial charge in [-0.3, -0.25) is 29.3 Å². The van der Waals surface area contributed by atoms with E-state index in [1.54, 1.807) is 38.5 Å². The quantitative estimate of drug-likeness (QED) is 0.0831. The number of rotatable bonds is 16. The maximum absolute atomic E-state index is 13.7. The Bertz CT molecular complexity index is 2360. The first-order valence-corrected chi connectivity index (χ1v) is 24.5. The summed E-state index contributed by atoms with van der Waals surface area (Å²) in [5.41, 5.74) is 7.41. The highest BCUT2D eigenvalue weighted by Crippen LogP contribution is 2.41.